The van der Waals surface area contributed by atoms with Crippen LogP contribution in [0.4, 0.5) is 4.39 Å². The van der Waals surface area contributed by atoms with Gasteiger partial charge in [0.05, 0.1) is 18.8 Å². The largest absolute Gasteiger partial charge is 0.467 e. The molecule has 0 saturated carbocycles. The second kappa shape index (κ2) is 7.98. The molecule has 1 aliphatic rings. The van der Waals surface area contributed by atoms with Crippen molar-refractivity contribution in [3.63, 3.8) is 0 Å². The van der Waals surface area contributed by atoms with E-state index in [1.165, 1.54) is 14.2 Å². The molecule has 0 unspecified atom stereocenters. The fourth-order valence-electron chi connectivity index (χ4n) is 4.05. The molecule has 2 atom stereocenters. The van der Waals surface area contributed by atoms with Gasteiger partial charge in [0.1, 0.15) is 11.9 Å². The Labute approximate surface area is 174 Å². The topological polar surface area (TPSA) is 85.2 Å². The zero-order valence-corrected chi connectivity index (χ0v) is 17.5. The summed E-state index contributed by atoms with van der Waals surface area (Å²) in [5, 5.41) is 7.93. The minimum Gasteiger partial charge on any atom is -0.467 e. The van der Waals surface area contributed by atoms with E-state index in [1.54, 1.807) is 16.9 Å². The van der Waals surface area contributed by atoms with E-state index in [2.05, 4.69) is 20.4 Å². The van der Waals surface area contributed by atoms with E-state index >= 15 is 0 Å². The van der Waals surface area contributed by atoms with Gasteiger partial charge in [-0.3, -0.25) is 4.79 Å². The van der Waals surface area contributed by atoms with Crippen molar-refractivity contribution in [3.05, 3.63) is 41.2 Å². The third-order valence-corrected chi connectivity index (χ3v) is 5.65. The van der Waals surface area contributed by atoms with Gasteiger partial charge in [0.2, 0.25) is 0 Å². The van der Waals surface area contributed by atoms with Crippen LogP contribution in [0.1, 0.15) is 34.0 Å². The van der Waals surface area contributed by atoms with E-state index < -0.39 is 6.17 Å². The van der Waals surface area contributed by atoms with Crippen molar-refractivity contribution < 1.29 is 13.9 Å². The highest BCUT2D eigenvalue weighted by Crippen LogP contribution is 2.34. The highest BCUT2D eigenvalue weighted by Gasteiger charge is 2.30. The molecule has 8 nitrogen and oxygen atoms in total. The number of hydrogen-bond acceptors (Lipinski definition) is 6. The van der Waals surface area contributed by atoms with E-state index in [0.717, 1.165) is 35.0 Å². The van der Waals surface area contributed by atoms with Crippen molar-refractivity contribution >= 4 is 16.8 Å². The number of carbonyl (C=O) groups is 1. The fourth-order valence-corrected chi connectivity index (χ4v) is 4.05. The van der Waals surface area contributed by atoms with Gasteiger partial charge < -0.3 is 15.0 Å². The van der Waals surface area contributed by atoms with Crippen molar-refractivity contribution in [2.75, 3.05) is 34.3 Å². The Kier molecular flexibility index (Phi) is 5.38. The van der Waals surface area contributed by atoms with E-state index in [4.69, 9.17) is 4.74 Å². The lowest BCUT2D eigenvalue weighted by Gasteiger charge is -2.33. The van der Waals surface area contributed by atoms with Gasteiger partial charge in [0, 0.05) is 31.0 Å². The number of aromatic nitrogens is 4. The molecule has 0 spiro atoms. The summed E-state index contributed by atoms with van der Waals surface area (Å²) >= 11 is 0. The summed E-state index contributed by atoms with van der Waals surface area (Å²) in [7, 11) is 4.92. The third kappa shape index (κ3) is 3.60. The highest BCUT2D eigenvalue weighted by molar-refractivity contribution is 5.92. The first-order valence-corrected chi connectivity index (χ1v) is 9.87. The number of fused-ring (bicyclic) bond motifs is 1. The average Bonchev–Trinajstić information content (AvgIpc) is 3.15. The van der Waals surface area contributed by atoms with Crippen LogP contribution in [0.2, 0.25) is 0 Å². The summed E-state index contributed by atoms with van der Waals surface area (Å²) in [6.07, 6.45) is 1.58. The number of likely N-dealkylation sites (tertiary alicyclic amines) is 1. The SMILES string of the molecule is CNC(=O)c1cc(-n2ncc3cc(C)c([C@H]4CCN(C)C[C@H]4F)cc32)nc(OC)n1. The van der Waals surface area contributed by atoms with Gasteiger partial charge in [0.25, 0.3) is 5.91 Å². The maximum atomic E-state index is 14.8. The quantitative estimate of drug-likeness (QED) is 0.708. The highest BCUT2D eigenvalue weighted by atomic mass is 19.1. The number of nitrogens with one attached hydrogen (secondary N) is 1. The number of alkyl halides is 1. The van der Waals surface area contributed by atoms with Gasteiger partial charge in [0.15, 0.2) is 5.82 Å². The standard InChI is InChI=1S/C21H25FN6O2/c1-12-7-13-10-24-28(19-9-17(20(29)23-2)25-21(26-19)30-4)18(13)8-15(12)14-5-6-27(3)11-16(14)22/h7-10,14,16H,5-6,11H2,1-4H3,(H,23,29)/t14-,16-/m1/s1. The van der Waals surface area contributed by atoms with Crippen LogP contribution in [-0.4, -0.2) is 71.0 Å². The van der Waals surface area contributed by atoms with E-state index in [1.807, 2.05) is 31.0 Å². The molecular weight excluding hydrogens is 387 g/mol. The minimum atomic E-state index is -0.921. The van der Waals surface area contributed by atoms with Crippen molar-refractivity contribution in [2.24, 2.45) is 0 Å². The molecule has 4 rings (SSSR count). The Morgan fingerprint density at radius 2 is 2.10 bits per heavy atom. The Morgan fingerprint density at radius 3 is 2.80 bits per heavy atom. The number of amides is 1. The molecule has 0 aliphatic carbocycles. The molecule has 1 fully saturated rings. The number of hydrogen-bond donors (Lipinski definition) is 1. The molecular formula is C21H25FN6O2. The number of aryl methyl sites for hydroxylation is 1. The van der Waals surface area contributed by atoms with Crippen LogP contribution in [0, 0.1) is 6.92 Å². The summed E-state index contributed by atoms with van der Waals surface area (Å²) in [6.45, 7) is 3.30. The van der Waals surface area contributed by atoms with Gasteiger partial charge in [-0.15, -0.1) is 0 Å². The van der Waals surface area contributed by atoms with Crippen molar-refractivity contribution in [1.29, 1.82) is 0 Å². The number of carbonyl (C=O) groups excluding carboxylic acids is 1. The monoisotopic (exact) mass is 412 g/mol. The van der Waals surface area contributed by atoms with Crippen LogP contribution in [0.25, 0.3) is 16.7 Å². The molecule has 1 N–H and O–H groups in total. The number of ether oxygens (including phenoxy) is 1. The van der Waals surface area contributed by atoms with E-state index in [0.29, 0.717) is 12.4 Å². The first kappa shape index (κ1) is 20.2. The normalized spacial score (nSPS) is 19.8. The molecule has 0 radical (unpaired) electrons. The molecule has 3 aromatic rings. The number of benzene rings is 1. The van der Waals surface area contributed by atoms with Crippen LogP contribution in [0.3, 0.4) is 0 Å². The van der Waals surface area contributed by atoms with Crippen molar-refractivity contribution in [1.82, 2.24) is 30.0 Å². The zero-order valence-electron chi connectivity index (χ0n) is 17.5. The summed E-state index contributed by atoms with van der Waals surface area (Å²) in [4.78, 5) is 22.6. The maximum absolute atomic E-state index is 14.8. The summed E-state index contributed by atoms with van der Waals surface area (Å²) in [5.41, 5.74) is 3.00. The van der Waals surface area contributed by atoms with Crippen LogP contribution in [0.15, 0.2) is 24.4 Å². The zero-order chi connectivity index (χ0) is 21.4. The Morgan fingerprint density at radius 1 is 1.30 bits per heavy atom. The van der Waals surface area contributed by atoms with Crippen LogP contribution in [0.5, 0.6) is 6.01 Å². The molecule has 1 aliphatic heterocycles. The molecule has 3 heterocycles. The predicted molar refractivity (Wildman–Crippen MR) is 111 cm³/mol. The summed E-state index contributed by atoms with van der Waals surface area (Å²) < 4.78 is 21.6. The molecule has 1 saturated heterocycles. The van der Waals surface area contributed by atoms with Crippen LogP contribution >= 0.6 is 0 Å². The lowest BCUT2D eigenvalue weighted by atomic mass is 9.85. The molecule has 158 valence electrons. The van der Waals surface area contributed by atoms with Gasteiger partial charge >= 0.3 is 6.01 Å². The molecule has 2 aromatic heterocycles. The smallest absolute Gasteiger partial charge is 0.318 e. The van der Waals surface area contributed by atoms with Crippen molar-refractivity contribution in [3.8, 4) is 11.8 Å². The first-order chi connectivity index (χ1) is 14.4. The fraction of sp³-hybridized carbons (Fsp3) is 0.429. The molecule has 9 heteroatoms. The van der Waals surface area contributed by atoms with Crippen LogP contribution in [-0.2, 0) is 0 Å². The number of methoxy groups -OCH3 is 1. The number of halogens is 1. The Bertz CT molecular complexity index is 1100. The molecule has 1 aromatic carbocycles. The van der Waals surface area contributed by atoms with Gasteiger partial charge in [-0.05, 0) is 50.2 Å². The maximum Gasteiger partial charge on any atom is 0.318 e. The van der Waals surface area contributed by atoms with E-state index in [-0.39, 0.29) is 23.5 Å². The Hall–Kier alpha value is -3.07. The van der Waals surface area contributed by atoms with Crippen LogP contribution < -0.4 is 10.1 Å². The first-order valence-electron chi connectivity index (χ1n) is 9.87. The molecule has 1 amide bonds. The number of rotatable bonds is 4. The second-order valence-corrected chi connectivity index (χ2v) is 7.67. The summed E-state index contributed by atoms with van der Waals surface area (Å²) in [6, 6.07) is 5.65. The van der Waals surface area contributed by atoms with E-state index in [9.17, 15) is 9.18 Å². The lowest BCUT2D eigenvalue weighted by Crippen LogP contribution is -2.38. The second-order valence-electron chi connectivity index (χ2n) is 7.67. The van der Waals surface area contributed by atoms with Gasteiger partial charge in [-0.25, -0.2) is 9.07 Å². The average molecular weight is 412 g/mol. The number of piperidine rings is 1. The lowest BCUT2D eigenvalue weighted by molar-refractivity contribution is 0.0957. The summed E-state index contributed by atoms with van der Waals surface area (Å²) in [5.74, 6) is -0.0997. The van der Waals surface area contributed by atoms with Gasteiger partial charge in [-0.2, -0.15) is 15.1 Å². The molecule has 0 bridgehead atoms. The van der Waals surface area contributed by atoms with Gasteiger partial charge in [-0.1, -0.05) is 0 Å². The Balaban J connectivity index is 1.82. The number of nitrogens with zero attached hydrogens (tertiary/aromatic N) is 5. The molecule has 30 heavy (non-hydrogen) atoms. The van der Waals surface area contributed by atoms with Crippen molar-refractivity contribution in [2.45, 2.75) is 25.4 Å². The third-order valence-electron chi connectivity index (χ3n) is 5.65. The minimum absolute atomic E-state index is 0.0706. The predicted octanol–water partition coefficient (Wildman–Crippen LogP) is 2.25.